The number of hydrogen-bond acceptors (Lipinski definition) is 5. The van der Waals surface area contributed by atoms with Crippen LogP contribution in [0.1, 0.15) is 15.9 Å². The summed E-state index contributed by atoms with van der Waals surface area (Å²) >= 11 is 3.24. The molecule has 0 fully saturated rings. The zero-order chi connectivity index (χ0) is 16.1. The minimum absolute atomic E-state index is 0.00751. The number of nitrogens with one attached hydrogen (secondary N) is 1. The van der Waals surface area contributed by atoms with Crippen LogP contribution in [0.5, 0.6) is 5.75 Å². The third kappa shape index (κ3) is 3.67. The Kier molecular flexibility index (Phi) is 4.84. The highest BCUT2D eigenvalue weighted by Crippen LogP contribution is 2.20. The lowest BCUT2D eigenvalue weighted by atomic mass is 10.2. The van der Waals surface area contributed by atoms with Crippen LogP contribution in [-0.2, 0) is 0 Å². The van der Waals surface area contributed by atoms with E-state index >= 15 is 0 Å². The number of phenolic OH excluding ortho intramolecular Hbond substituents is 1. The number of aromatic hydroxyl groups is 1. The molecule has 0 heterocycles. The van der Waals surface area contributed by atoms with E-state index < -0.39 is 10.8 Å². The van der Waals surface area contributed by atoms with Crippen LogP contribution in [0.25, 0.3) is 0 Å². The highest BCUT2D eigenvalue weighted by Gasteiger charge is 2.18. The van der Waals surface area contributed by atoms with E-state index in [0.717, 1.165) is 4.47 Å². The van der Waals surface area contributed by atoms with E-state index in [1.807, 2.05) is 0 Å². The molecule has 2 N–H and O–H groups in total. The lowest BCUT2D eigenvalue weighted by molar-refractivity contribution is -0.385. The molecule has 22 heavy (non-hydrogen) atoms. The molecular weight excluding hydrogens is 354 g/mol. The first kappa shape index (κ1) is 15.6. The van der Waals surface area contributed by atoms with Crippen LogP contribution in [0, 0.1) is 10.1 Å². The van der Waals surface area contributed by atoms with Gasteiger partial charge in [-0.1, -0.05) is 28.1 Å². The SMILES string of the molecule is O=C(N/N=C\c1cc(Br)ccc1O)c1ccccc1[N+](=O)[O-]. The Bertz CT molecular complexity index is 762. The Morgan fingerprint density at radius 2 is 2.05 bits per heavy atom. The number of phenols is 1. The van der Waals surface area contributed by atoms with E-state index in [4.69, 9.17) is 0 Å². The number of hydrogen-bond donors (Lipinski definition) is 2. The van der Waals surface area contributed by atoms with Crippen LogP contribution in [0.3, 0.4) is 0 Å². The van der Waals surface area contributed by atoms with Gasteiger partial charge in [-0.25, -0.2) is 5.43 Å². The molecule has 0 bridgehead atoms. The molecule has 0 aliphatic heterocycles. The number of nitrogens with zero attached hydrogens (tertiary/aromatic N) is 2. The van der Waals surface area contributed by atoms with E-state index in [-0.39, 0.29) is 17.0 Å². The number of nitro groups is 1. The number of hydrazone groups is 1. The van der Waals surface area contributed by atoms with Crippen molar-refractivity contribution in [2.24, 2.45) is 5.10 Å². The second kappa shape index (κ2) is 6.81. The van der Waals surface area contributed by atoms with Gasteiger partial charge in [0.25, 0.3) is 11.6 Å². The number of amides is 1. The van der Waals surface area contributed by atoms with Crippen LogP contribution in [0.15, 0.2) is 52.0 Å². The standard InChI is InChI=1S/C14H10BrN3O4/c15-10-5-6-13(19)9(7-10)8-16-17-14(20)11-3-1-2-4-12(11)18(21)22/h1-8,19H,(H,17,20)/b16-8-. The second-order valence-corrected chi connectivity index (χ2v) is 5.09. The fraction of sp³-hybridized carbons (Fsp3) is 0. The van der Waals surface area contributed by atoms with Crippen molar-refractivity contribution < 1.29 is 14.8 Å². The van der Waals surface area contributed by atoms with Gasteiger partial charge in [0, 0.05) is 16.1 Å². The number of benzene rings is 2. The highest BCUT2D eigenvalue weighted by molar-refractivity contribution is 9.10. The molecular formula is C14H10BrN3O4. The summed E-state index contributed by atoms with van der Waals surface area (Å²) in [4.78, 5) is 22.1. The van der Waals surface area contributed by atoms with Gasteiger partial charge in [-0.05, 0) is 24.3 Å². The molecule has 0 spiro atoms. The van der Waals surface area contributed by atoms with Crippen molar-refractivity contribution in [2.45, 2.75) is 0 Å². The van der Waals surface area contributed by atoms with Crippen LogP contribution >= 0.6 is 15.9 Å². The minimum Gasteiger partial charge on any atom is -0.507 e. The molecule has 0 saturated carbocycles. The Labute approximate surface area is 133 Å². The summed E-state index contributed by atoms with van der Waals surface area (Å²) in [5.41, 5.74) is 2.18. The Morgan fingerprint density at radius 3 is 2.77 bits per heavy atom. The summed E-state index contributed by atoms with van der Waals surface area (Å²) in [6.45, 7) is 0. The molecule has 0 aromatic heterocycles. The summed E-state index contributed by atoms with van der Waals surface area (Å²) in [5.74, 6) is -0.718. The number of carbonyl (C=O) groups is 1. The summed E-state index contributed by atoms with van der Waals surface area (Å²) in [6, 6.07) is 10.3. The van der Waals surface area contributed by atoms with E-state index in [1.165, 1.54) is 36.5 Å². The molecule has 0 radical (unpaired) electrons. The summed E-state index contributed by atoms with van der Waals surface area (Å²) in [6.07, 6.45) is 1.24. The van der Waals surface area contributed by atoms with Crippen molar-refractivity contribution in [3.05, 3.63) is 68.2 Å². The molecule has 0 aliphatic rings. The van der Waals surface area contributed by atoms with Crippen molar-refractivity contribution in [3.63, 3.8) is 0 Å². The maximum Gasteiger partial charge on any atom is 0.282 e. The van der Waals surface area contributed by atoms with Crippen LogP contribution in [-0.4, -0.2) is 22.2 Å². The summed E-state index contributed by atoms with van der Waals surface area (Å²) in [5, 5.41) is 24.2. The molecule has 0 atom stereocenters. The predicted octanol–water partition coefficient (Wildman–Crippen LogP) is 2.83. The predicted molar refractivity (Wildman–Crippen MR) is 84.0 cm³/mol. The monoisotopic (exact) mass is 363 g/mol. The summed E-state index contributed by atoms with van der Waals surface area (Å²) < 4.78 is 0.733. The van der Waals surface area contributed by atoms with Gasteiger partial charge in [0.15, 0.2) is 0 Å². The Morgan fingerprint density at radius 1 is 1.32 bits per heavy atom. The second-order valence-electron chi connectivity index (χ2n) is 4.18. The highest BCUT2D eigenvalue weighted by atomic mass is 79.9. The van der Waals surface area contributed by atoms with Gasteiger partial charge < -0.3 is 5.11 Å². The summed E-state index contributed by atoms with van der Waals surface area (Å²) in [7, 11) is 0. The molecule has 7 nitrogen and oxygen atoms in total. The van der Waals surface area contributed by atoms with Crippen molar-refractivity contribution in [1.82, 2.24) is 5.43 Å². The smallest absolute Gasteiger partial charge is 0.282 e. The first-order valence-electron chi connectivity index (χ1n) is 6.04. The zero-order valence-corrected chi connectivity index (χ0v) is 12.6. The van der Waals surface area contributed by atoms with Gasteiger partial charge in [0.2, 0.25) is 0 Å². The van der Waals surface area contributed by atoms with Gasteiger partial charge in [-0.15, -0.1) is 0 Å². The maximum absolute atomic E-state index is 11.9. The minimum atomic E-state index is -0.710. The zero-order valence-electron chi connectivity index (χ0n) is 11.1. The molecule has 2 aromatic carbocycles. The Balaban J connectivity index is 2.15. The normalized spacial score (nSPS) is 10.6. The van der Waals surface area contributed by atoms with Crippen LogP contribution in [0.4, 0.5) is 5.69 Å². The largest absolute Gasteiger partial charge is 0.507 e. The van der Waals surface area contributed by atoms with Crippen LogP contribution < -0.4 is 5.43 Å². The van der Waals surface area contributed by atoms with Crippen molar-refractivity contribution in [2.75, 3.05) is 0 Å². The quantitative estimate of drug-likeness (QED) is 0.494. The van der Waals surface area contributed by atoms with Gasteiger partial charge in [0.1, 0.15) is 11.3 Å². The van der Waals surface area contributed by atoms with E-state index in [2.05, 4.69) is 26.5 Å². The first-order valence-corrected chi connectivity index (χ1v) is 6.83. The fourth-order valence-electron chi connectivity index (χ4n) is 1.67. The van der Waals surface area contributed by atoms with Crippen molar-refractivity contribution >= 4 is 33.7 Å². The van der Waals surface area contributed by atoms with Gasteiger partial charge >= 0.3 is 0 Å². The van der Waals surface area contributed by atoms with E-state index in [1.54, 1.807) is 12.1 Å². The maximum atomic E-state index is 11.9. The molecule has 112 valence electrons. The molecule has 0 aliphatic carbocycles. The molecule has 8 heteroatoms. The molecule has 1 amide bonds. The topological polar surface area (TPSA) is 105 Å². The molecule has 0 saturated heterocycles. The lowest BCUT2D eigenvalue weighted by Crippen LogP contribution is -2.18. The number of rotatable bonds is 4. The third-order valence-electron chi connectivity index (χ3n) is 2.70. The van der Waals surface area contributed by atoms with Crippen molar-refractivity contribution in [1.29, 1.82) is 0 Å². The third-order valence-corrected chi connectivity index (χ3v) is 3.20. The number of nitro benzene ring substituents is 1. The number of carbonyl (C=O) groups excluding carboxylic acids is 1. The average Bonchev–Trinajstić information content (AvgIpc) is 2.50. The van der Waals surface area contributed by atoms with Gasteiger partial charge in [-0.3, -0.25) is 14.9 Å². The molecule has 2 aromatic rings. The average molecular weight is 364 g/mol. The van der Waals surface area contributed by atoms with E-state index in [9.17, 15) is 20.0 Å². The fourth-order valence-corrected chi connectivity index (χ4v) is 2.05. The van der Waals surface area contributed by atoms with Gasteiger partial charge in [0.05, 0.1) is 11.1 Å². The lowest BCUT2D eigenvalue weighted by Gasteiger charge is -2.02. The number of halogens is 1. The number of para-hydroxylation sites is 1. The van der Waals surface area contributed by atoms with E-state index in [0.29, 0.717) is 5.56 Å². The first-order chi connectivity index (χ1) is 10.5. The van der Waals surface area contributed by atoms with Crippen LogP contribution in [0.2, 0.25) is 0 Å². The van der Waals surface area contributed by atoms with Gasteiger partial charge in [-0.2, -0.15) is 5.10 Å². The van der Waals surface area contributed by atoms with Crippen molar-refractivity contribution in [3.8, 4) is 5.75 Å². The Hall–Kier alpha value is -2.74. The molecule has 0 unspecified atom stereocenters. The molecule has 2 rings (SSSR count).